The first-order valence-corrected chi connectivity index (χ1v) is 8.31. The molecular formula is C18H13Cl2FN4O. The van der Waals surface area contributed by atoms with Gasteiger partial charge in [-0.2, -0.15) is 0 Å². The predicted octanol–water partition coefficient (Wildman–Crippen LogP) is 5.23. The van der Waals surface area contributed by atoms with Crippen molar-refractivity contribution in [3.05, 3.63) is 75.8 Å². The number of amides is 1. The van der Waals surface area contributed by atoms with Crippen molar-refractivity contribution in [1.82, 2.24) is 9.97 Å². The highest BCUT2D eigenvalue weighted by molar-refractivity contribution is 6.42. The highest BCUT2D eigenvalue weighted by Crippen LogP contribution is 2.26. The summed E-state index contributed by atoms with van der Waals surface area (Å²) in [6.45, 7) is 1.74. The minimum atomic E-state index is -0.474. The van der Waals surface area contributed by atoms with Gasteiger partial charge in [-0.05, 0) is 49.4 Å². The van der Waals surface area contributed by atoms with Gasteiger partial charge in [-0.1, -0.05) is 29.3 Å². The predicted molar refractivity (Wildman–Crippen MR) is 101 cm³/mol. The van der Waals surface area contributed by atoms with Gasteiger partial charge < -0.3 is 10.6 Å². The molecule has 0 saturated heterocycles. The molecule has 0 bridgehead atoms. The first kappa shape index (κ1) is 18.1. The summed E-state index contributed by atoms with van der Waals surface area (Å²) < 4.78 is 13.2. The molecule has 0 saturated carbocycles. The van der Waals surface area contributed by atoms with Crippen LogP contribution < -0.4 is 10.6 Å². The van der Waals surface area contributed by atoms with Crippen LogP contribution in [0.15, 0.2) is 48.5 Å². The van der Waals surface area contributed by atoms with Crippen molar-refractivity contribution in [1.29, 1.82) is 0 Å². The molecule has 0 radical (unpaired) electrons. The van der Waals surface area contributed by atoms with E-state index in [2.05, 4.69) is 20.6 Å². The van der Waals surface area contributed by atoms with Crippen molar-refractivity contribution < 1.29 is 9.18 Å². The molecule has 2 N–H and O–H groups in total. The summed E-state index contributed by atoms with van der Waals surface area (Å²) in [6, 6.07) is 12.1. The second kappa shape index (κ2) is 7.68. The summed E-state index contributed by atoms with van der Waals surface area (Å²) in [5, 5.41) is 6.39. The zero-order valence-corrected chi connectivity index (χ0v) is 15.1. The summed E-state index contributed by atoms with van der Waals surface area (Å²) in [6.07, 6.45) is 0. The van der Waals surface area contributed by atoms with Crippen LogP contribution in [-0.2, 0) is 0 Å². The van der Waals surface area contributed by atoms with Crippen LogP contribution in [0.2, 0.25) is 10.0 Å². The average molecular weight is 391 g/mol. The van der Waals surface area contributed by atoms with E-state index in [0.29, 0.717) is 27.1 Å². The average Bonchev–Trinajstić information content (AvgIpc) is 2.58. The van der Waals surface area contributed by atoms with E-state index in [1.54, 1.807) is 31.2 Å². The maximum Gasteiger partial charge on any atom is 0.274 e. The normalized spacial score (nSPS) is 10.5. The van der Waals surface area contributed by atoms with Gasteiger partial charge in [0.05, 0.1) is 10.0 Å². The Kier molecular flexibility index (Phi) is 5.35. The van der Waals surface area contributed by atoms with E-state index < -0.39 is 11.7 Å². The summed E-state index contributed by atoms with van der Waals surface area (Å²) in [5.41, 5.74) is 1.70. The molecule has 26 heavy (non-hydrogen) atoms. The lowest BCUT2D eigenvalue weighted by Crippen LogP contribution is -2.15. The van der Waals surface area contributed by atoms with E-state index >= 15 is 0 Å². The van der Waals surface area contributed by atoms with E-state index in [1.165, 1.54) is 24.3 Å². The van der Waals surface area contributed by atoms with E-state index in [1.807, 2.05) is 0 Å². The molecule has 0 aliphatic heterocycles. The van der Waals surface area contributed by atoms with Gasteiger partial charge in [0.2, 0.25) is 5.95 Å². The van der Waals surface area contributed by atoms with Gasteiger partial charge in [0.1, 0.15) is 11.5 Å². The van der Waals surface area contributed by atoms with Crippen LogP contribution in [0.5, 0.6) is 0 Å². The molecule has 1 heterocycles. The number of halogens is 3. The number of carbonyl (C=O) groups excluding carboxylic acids is 1. The van der Waals surface area contributed by atoms with Crippen LogP contribution in [0.25, 0.3) is 0 Å². The van der Waals surface area contributed by atoms with Gasteiger partial charge in [-0.25, -0.2) is 14.4 Å². The molecule has 1 aromatic heterocycles. The molecule has 3 aromatic rings. The molecule has 0 aliphatic carbocycles. The number of anilines is 3. The molecule has 8 heteroatoms. The van der Waals surface area contributed by atoms with Crippen LogP contribution in [-0.4, -0.2) is 15.9 Å². The third kappa shape index (κ3) is 4.47. The molecule has 2 aromatic carbocycles. The Bertz CT molecular complexity index is 981. The lowest BCUT2D eigenvalue weighted by atomic mass is 10.2. The summed E-state index contributed by atoms with van der Waals surface area (Å²) >= 11 is 11.9. The smallest absolute Gasteiger partial charge is 0.274 e. The maximum atomic E-state index is 13.2. The quantitative estimate of drug-likeness (QED) is 0.640. The van der Waals surface area contributed by atoms with Gasteiger partial charge >= 0.3 is 0 Å². The largest absolute Gasteiger partial charge is 0.324 e. The van der Waals surface area contributed by atoms with Crippen molar-refractivity contribution in [2.24, 2.45) is 0 Å². The fourth-order valence-corrected chi connectivity index (χ4v) is 2.50. The Balaban J connectivity index is 1.82. The Labute approximate surface area is 159 Å². The second-order valence-corrected chi connectivity index (χ2v) is 6.25. The molecule has 0 aliphatic rings. The Morgan fingerprint density at radius 3 is 2.54 bits per heavy atom. The number of nitrogens with one attached hydrogen (secondary N) is 2. The fourth-order valence-electron chi connectivity index (χ4n) is 2.21. The minimum absolute atomic E-state index is 0.143. The summed E-state index contributed by atoms with van der Waals surface area (Å²) in [4.78, 5) is 20.8. The van der Waals surface area contributed by atoms with Gasteiger partial charge in [0, 0.05) is 17.1 Å². The first-order valence-electron chi connectivity index (χ1n) is 7.55. The Morgan fingerprint density at radius 2 is 1.81 bits per heavy atom. The second-order valence-electron chi connectivity index (χ2n) is 5.44. The summed E-state index contributed by atoms with van der Waals surface area (Å²) in [7, 11) is 0. The lowest BCUT2D eigenvalue weighted by Gasteiger charge is -2.09. The highest BCUT2D eigenvalue weighted by atomic mass is 35.5. The standard InChI is InChI=1S/C18H13Cl2FN4O/c1-10-7-16(17(26)23-12-4-2-3-11(21)8-12)25-18(22-10)24-13-5-6-14(19)15(20)9-13/h2-9H,1H3,(H,23,26)(H,22,24,25). The van der Waals surface area contributed by atoms with E-state index in [4.69, 9.17) is 23.2 Å². The molecule has 0 fully saturated rings. The number of carbonyl (C=O) groups is 1. The van der Waals surface area contributed by atoms with Gasteiger partial charge in [-0.3, -0.25) is 4.79 Å². The molecule has 0 unspecified atom stereocenters. The van der Waals surface area contributed by atoms with E-state index in [9.17, 15) is 9.18 Å². The molecule has 5 nitrogen and oxygen atoms in total. The number of aromatic nitrogens is 2. The van der Waals surface area contributed by atoms with Gasteiger partial charge in [0.15, 0.2) is 0 Å². The van der Waals surface area contributed by atoms with Crippen molar-refractivity contribution in [3.8, 4) is 0 Å². The molecular weight excluding hydrogens is 378 g/mol. The van der Waals surface area contributed by atoms with Crippen molar-refractivity contribution in [2.75, 3.05) is 10.6 Å². The van der Waals surface area contributed by atoms with E-state index in [-0.39, 0.29) is 11.6 Å². The summed E-state index contributed by atoms with van der Waals surface area (Å²) in [5.74, 6) is -0.685. The lowest BCUT2D eigenvalue weighted by molar-refractivity contribution is 0.102. The van der Waals surface area contributed by atoms with Crippen LogP contribution in [0.3, 0.4) is 0 Å². The number of aryl methyl sites for hydroxylation is 1. The molecule has 3 rings (SSSR count). The van der Waals surface area contributed by atoms with Crippen LogP contribution in [0, 0.1) is 12.7 Å². The Hall–Kier alpha value is -2.70. The van der Waals surface area contributed by atoms with Gasteiger partial charge in [0.25, 0.3) is 5.91 Å². The number of benzene rings is 2. The topological polar surface area (TPSA) is 66.9 Å². The monoisotopic (exact) mass is 390 g/mol. The third-order valence-electron chi connectivity index (χ3n) is 3.35. The zero-order valence-electron chi connectivity index (χ0n) is 13.6. The fraction of sp³-hybridized carbons (Fsp3) is 0.0556. The van der Waals surface area contributed by atoms with Crippen molar-refractivity contribution >= 4 is 46.4 Å². The molecule has 0 atom stereocenters. The zero-order chi connectivity index (χ0) is 18.7. The van der Waals surface area contributed by atoms with Crippen molar-refractivity contribution in [2.45, 2.75) is 6.92 Å². The first-order chi connectivity index (χ1) is 12.4. The Morgan fingerprint density at radius 1 is 1.00 bits per heavy atom. The molecule has 132 valence electrons. The van der Waals surface area contributed by atoms with Gasteiger partial charge in [-0.15, -0.1) is 0 Å². The molecule has 1 amide bonds. The van der Waals surface area contributed by atoms with Crippen LogP contribution >= 0.6 is 23.2 Å². The third-order valence-corrected chi connectivity index (χ3v) is 4.08. The van der Waals surface area contributed by atoms with Crippen LogP contribution in [0.1, 0.15) is 16.2 Å². The number of hydrogen-bond acceptors (Lipinski definition) is 4. The maximum absolute atomic E-state index is 13.2. The molecule has 0 spiro atoms. The van der Waals surface area contributed by atoms with Crippen LogP contribution in [0.4, 0.5) is 21.7 Å². The van der Waals surface area contributed by atoms with Crippen molar-refractivity contribution in [3.63, 3.8) is 0 Å². The number of rotatable bonds is 4. The minimum Gasteiger partial charge on any atom is -0.324 e. The number of hydrogen-bond donors (Lipinski definition) is 2. The highest BCUT2D eigenvalue weighted by Gasteiger charge is 2.12. The number of nitrogens with zero attached hydrogens (tertiary/aromatic N) is 2. The van der Waals surface area contributed by atoms with E-state index in [0.717, 1.165) is 0 Å². The SMILES string of the molecule is Cc1cc(C(=O)Nc2cccc(F)c2)nc(Nc2ccc(Cl)c(Cl)c2)n1.